The quantitative estimate of drug-likeness (QED) is 0.264. The van der Waals surface area contributed by atoms with E-state index in [2.05, 4.69) is 26.3 Å². The number of hydrogen-bond acceptors (Lipinski definition) is 5. The second-order valence-electron chi connectivity index (χ2n) is 8.97. The summed E-state index contributed by atoms with van der Waals surface area (Å²) in [5, 5.41) is 11.2. The first-order valence-electron chi connectivity index (χ1n) is 12.2. The number of piperidine rings is 1. The molecule has 1 unspecified atom stereocenters. The van der Waals surface area contributed by atoms with Crippen molar-refractivity contribution in [2.24, 2.45) is 5.92 Å². The molecule has 5 N–H and O–H groups in total. The number of ketones is 1. The maximum Gasteiger partial charge on any atom is 0.289 e. The van der Waals surface area contributed by atoms with Crippen LogP contribution < -0.4 is 21.3 Å². The van der Waals surface area contributed by atoms with Crippen molar-refractivity contribution < 1.29 is 24.0 Å². The summed E-state index contributed by atoms with van der Waals surface area (Å²) < 4.78 is 0. The van der Waals surface area contributed by atoms with E-state index in [-0.39, 0.29) is 18.9 Å². The van der Waals surface area contributed by atoms with Crippen molar-refractivity contribution in [3.8, 4) is 0 Å². The second-order valence-corrected chi connectivity index (χ2v) is 8.97. The fourth-order valence-corrected chi connectivity index (χ4v) is 4.30. The third-order valence-corrected chi connectivity index (χ3v) is 6.28. The fraction of sp³-hybridized carbons (Fsp3) is 0.296. The Kier molecular flexibility index (Phi) is 8.29. The number of carbonyl (C=O) groups is 5. The van der Waals surface area contributed by atoms with E-state index in [1.165, 1.54) is 0 Å². The van der Waals surface area contributed by atoms with E-state index in [0.717, 1.165) is 22.9 Å². The van der Waals surface area contributed by atoms with Gasteiger partial charge in [-0.05, 0) is 37.0 Å². The SMILES string of the molecule is O=C(CNC(=O)c1cc2ccccc2[nH]1)N[C@@H](CC1CCCNC1=O)C(=O)C(=O)NCc1ccccc1. The molecule has 2 heterocycles. The molecule has 1 fully saturated rings. The van der Waals surface area contributed by atoms with E-state index in [0.29, 0.717) is 18.7 Å². The van der Waals surface area contributed by atoms with Crippen LogP contribution in [0.2, 0.25) is 0 Å². The zero-order valence-corrected chi connectivity index (χ0v) is 20.2. The van der Waals surface area contributed by atoms with E-state index in [1.54, 1.807) is 6.07 Å². The predicted octanol–water partition coefficient (Wildman–Crippen LogP) is 1.18. The molecular weight excluding hydrogens is 474 g/mol. The van der Waals surface area contributed by atoms with Gasteiger partial charge in [-0.2, -0.15) is 0 Å². The van der Waals surface area contributed by atoms with Crippen molar-refractivity contribution in [2.45, 2.75) is 31.8 Å². The monoisotopic (exact) mass is 503 g/mol. The lowest BCUT2D eigenvalue weighted by molar-refractivity contribution is -0.141. The van der Waals surface area contributed by atoms with Crippen molar-refractivity contribution in [1.29, 1.82) is 0 Å². The summed E-state index contributed by atoms with van der Waals surface area (Å²) in [5.74, 6) is -3.55. The number of aromatic nitrogens is 1. The minimum atomic E-state index is -1.21. The van der Waals surface area contributed by atoms with Crippen LogP contribution in [0.1, 0.15) is 35.3 Å². The third-order valence-electron chi connectivity index (χ3n) is 6.28. The highest BCUT2D eigenvalue weighted by molar-refractivity contribution is 6.38. The van der Waals surface area contributed by atoms with Crippen LogP contribution in [0, 0.1) is 5.92 Å². The molecule has 3 aromatic rings. The van der Waals surface area contributed by atoms with E-state index < -0.39 is 42.0 Å². The summed E-state index contributed by atoms with van der Waals surface area (Å²) in [5.41, 5.74) is 1.89. The zero-order valence-electron chi connectivity index (χ0n) is 20.2. The van der Waals surface area contributed by atoms with Crippen molar-refractivity contribution in [3.63, 3.8) is 0 Å². The fourth-order valence-electron chi connectivity index (χ4n) is 4.30. The van der Waals surface area contributed by atoms with Gasteiger partial charge in [-0.3, -0.25) is 24.0 Å². The van der Waals surface area contributed by atoms with Gasteiger partial charge in [-0.1, -0.05) is 48.5 Å². The number of hydrogen-bond donors (Lipinski definition) is 5. The minimum Gasteiger partial charge on any atom is -0.356 e. The molecule has 192 valence electrons. The van der Waals surface area contributed by atoms with E-state index in [4.69, 9.17) is 0 Å². The van der Waals surface area contributed by atoms with Gasteiger partial charge in [0, 0.05) is 29.9 Å². The Morgan fingerprint density at radius 1 is 0.973 bits per heavy atom. The predicted molar refractivity (Wildman–Crippen MR) is 136 cm³/mol. The lowest BCUT2D eigenvalue weighted by Gasteiger charge is -2.26. The summed E-state index contributed by atoms with van der Waals surface area (Å²) in [4.78, 5) is 66.0. The number of para-hydroxylation sites is 1. The van der Waals surface area contributed by atoms with E-state index in [9.17, 15) is 24.0 Å². The lowest BCUT2D eigenvalue weighted by Crippen LogP contribution is -2.52. The summed E-state index contributed by atoms with van der Waals surface area (Å²) >= 11 is 0. The number of fused-ring (bicyclic) bond motifs is 1. The number of amides is 4. The highest BCUT2D eigenvalue weighted by atomic mass is 16.2. The van der Waals surface area contributed by atoms with Gasteiger partial charge in [0.1, 0.15) is 5.69 Å². The van der Waals surface area contributed by atoms with Crippen LogP contribution >= 0.6 is 0 Å². The molecular formula is C27H29N5O5. The van der Waals surface area contributed by atoms with Gasteiger partial charge in [0.05, 0.1) is 12.6 Å². The lowest BCUT2D eigenvalue weighted by atomic mass is 9.90. The summed E-state index contributed by atoms with van der Waals surface area (Å²) in [6, 6.07) is 17.0. The second kappa shape index (κ2) is 12.0. The van der Waals surface area contributed by atoms with Crippen molar-refractivity contribution in [1.82, 2.24) is 26.3 Å². The number of benzene rings is 2. The molecule has 1 aromatic heterocycles. The molecule has 2 atom stereocenters. The molecule has 1 aliphatic rings. The maximum atomic E-state index is 13.0. The number of Topliss-reactive ketones (excluding diaryl/α,β-unsaturated/α-hetero) is 1. The van der Waals surface area contributed by atoms with Crippen molar-refractivity contribution in [3.05, 3.63) is 71.9 Å². The van der Waals surface area contributed by atoms with Gasteiger partial charge >= 0.3 is 0 Å². The van der Waals surface area contributed by atoms with Crippen LogP contribution in [0.4, 0.5) is 0 Å². The smallest absolute Gasteiger partial charge is 0.289 e. The van der Waals surface area contributed by atoms with E-state index in [1.807, 2.05) is 54.6 Å². The number of aromatic amines is 1. The zero-order chi connectivity index (χ0) is 26.2. The largest absolute Gasteiger partial charge is 0.356 e. The molecule has 4 amide bonds. The summed E-state index contributed by atoms with van der Waals surface area (Å²) in [6.07, 6.45) is 1.28. The van der Waals surface area contributed by atoms with Crippen LogP contribution in [0.5, 0.6) is 0 Å². The molecule has 0 radical (unpaired) electrons. The highest BCUT2D eigenvalue weighted by Crippen LogP contribution is 2.18. The Bertz CT molecular complexity index is 1270. The van der Waals surface area contributed by atoms with E-state index >= 15 is 0 Å². The minimum absolute atomic E-state index is 0.00880. The Balaban J connectivity index is 1.37. The van der Waals surface area contributed by atoms with Crippen LogP contribution in [0.3, 0.4) is 0 Å². The molecule has 4 rings (SSSR count). The molecule has 2 aromatic carbocycles. The van der Waals surface area contributed by atoms with Gasteiger partial charge in [0.15, 0.2) is 0 Å². The normalized spacial score (nSPS) is 15.9. The Labute approximate surface area is 213 Å². The van der Waals surface area contributed by atoms with Gasteiger partial charge < -0.3 is 26.3 Å². The average Bonchev–Trinajstić information content (AvgIpc) is 3.36. The Hall–Kier alpha value is -4.47. The summed E-state index contributed by atoms with van der Waals surface area (Å²) in [7, 11) is 0. The number of carbonyl (C=O) groups excluding carboxylic acids is 5. The maximum absolute atomic E-state index is 13.0. The molecule has 10 nitrogen and oxygen atoms in total. The average molecular weight is 504 g/mol. The number of H-pyrrole nitrogens is 1. The summed E-state index contributed by atoms with van der Waals surface area (Å²) in [6.45, 7) is 0.300. The molecule has 1 saturated heterocycles. The van der Waals surface area contributed by atoms with Gasteiger partial charge in [0.2, 0.25) is 17.6 Å². The first kappa shape index (κ1) is 25.6. The van der Waals surface area contributed by atoms with Crippen LogP contribution in [-0.2, 0) is 25.7 Å². The molecule has 0 saturated carbocycles. The molecule has 10 heteroatoms. The van der Waals surface area contributed by atoms with Crippen LogP contribution in [0.15, 0.2) is 60.7 Å². The molecule has 37 heavy (non-hydrogen) atoms. The Morgan fingerprint density at radius 3 is 2.49 bits per heavy atom. The van der Waals surface area contributed by atoms with Crippen molar-refractivity contribution in [2.75, 3.05) is 13.1 Å². The van der Waals surface area contributed by atoms with Gasteiger partial charge in [-0.15, -0.1) is 0 Å². The Morgan fingerprint density at radius 2 is 1.73 bits per heavy atom. The van der Waals surface area contributed by atoms with Crippen molar-refractivity contribution >= 4 is 40.3 Å². The topological polar surface area (TPSA) is 149 Å². The first-order valence-corrected chi connectivity index (χ1v) is 12.2. The van der Waals surface area contributed by atoms with Crippen LogP contribution in [-0.4, -0.2) is 53.5 Å². The number of nitrogens with one attached hydrogen (secondary N) is 5. The van der Waals surface area contributed by atoms with Crippen LogP contribution in [0.25, 0.3) is 10.9 Å². The van der Waals surface area contributed by atoms with Gasteiger partial charge in [-0.25, -0.2) is 0 Å². The highest BCUT2D eigenvalue weighted by Gasteiger charge is 2.33. The third kappa shape index (κ3) is 6.81. The molecule has 0 bridgehead atoms. The molecule has 1 aliphatic heterocycles. The standard InChI is InChI=1S/C27H29N5O5/c33-23(16-30-26(36)22-13-18-9-4-5-11-20(18)31-22)32-21(14-19-10-6-12-28-25(19)35)24(34)27(37)29-15-17-7-2-1-3-8-17/h1-5,7-9,11,13,19,21,31H,6,10,12,14-16H2,(H,28,35)(H,29,37)(H,30,36)(H,32,33)/t19?,21-/m0/s1. The van der Waals surface area contributed by atoms with Gasteiger partial charge in [0.25, 0.3) is 11.8 Å². The molecule has 0 aliphatic carbocycles. The molecule has 0 spiro atoms. The number of rotatable bonds is 10. The first-order chi connectivity index (χ1) is 17.9.